The number of hydrogen-bond acceptors (Lipinski definition) is 2. The highest BCUT2D eigenvalue weighted by Gasteiger charge is 2.25. The fraction of sp³-hybridized carbons (Fsp3) is 0.533. The number of benzene rings is 1. The van der Waals surface area contributed by atoms with E-state index in [4.69, 9.17) is 28.9 Å². The number of halogens is 2. The maximum atomic E-state index is 11.9. The number of rotatable bonds is 5. The molecule has 0 aliphatic heterocycles. The first-order chi connectivity index (χ1) is 9.58. The molecule has 1 fully saturated rings. The van der Waals surface area contributed by atoms with Crippen molar-refractivity contribution >= 4 is 29.1 Å². The maximum absolute atomic E-state index is 11.9. The van der Waals surface area contributed by atoms with Crippen LogP contribution in [0.1, 0.15) is 31.2 Å². The molecular formula is C15H20Cl2N2O. The quantitative estimate of drug-likeness (QED) is 0.877. The second-order valence-corrected chi connectivity index (χ2v) is 6.17. The van der Waals surface area contributed by atoms with Crippen LogP contribution in [0.4, 0.5) is 0 Å². The van der Waals surface area contributed by atoms with Gasteiger partial charge in [0.2, 0.25) is 5.91 Å². The fourth-order valence-electron chi connectivity index (χ4n) is 2.73. The summed E-state index contributed by atoms with van der Waals surface area (Å²) in [6.07, 6.45) is 4.39. The molecule has 0 spiro atoms. The molecule has 20 heavy (non-hydrogen) atoms. The molecule has 1 aromatic carbocycles. The van der Waals surface area contributed by atoms with Crippen molar-refractivity contribution in [1.82, 2.24) is 5.32 Å². The van der Waals surface area contributed by atoms with Gasteiger partial charge in [0.05, 0.1) is 0 Å². The van der Waals surface area contributed by atoms with Gasteiger partial charge in [-0.05, 0) is 42.9 Å². The van der Waals surface area contributed by atoms with Gasteiger partial charge in [-0.25, -0.2) is 0 Å². The van der Waals surface area contributed by atoms with E-state index < -0.39 is 0 Å². The molecule has 1 amide bonds. The van der Waals surface area contributed by atoms with Crippen LogP contribution in [0.2, 0.25) is 10.0 Å². The Labute approximate surface area is 129 Å². The average Bonchev–Trinajstić information content (AvgIpc) is 2.79. The largest absolute Gasteiger partial charge is 0.356 e. The molecule has 0 radical (unpaired) electrons. The Kier molecular flexibility index (Phi) is 5.70. The van der Waals surface area contributed by atoms with Crippen LogP contribution in [0.3, 0.4) is 0 Å². The average molecular weight is 315 g/mol. The standard InChI is InChI=1S/C15H20Cl2N2O/c16-12-4-2-5-13(17)11(12)7-8-19-15(20)9-10-3-1-6-14(10)18/h2,4-5,10,14H,1,3,6-9,18H2,(H,19,20)/t10-,14+/m0/s1. The third kappa shape index (κ3) is 4.11. The Morgan fingerprint density at radius 1 is 1.30 bits per heavy atom. The summed E-state index contributed by atoms with van der Waals surface area (Å²) in [5, 5.41) is 4.21. The molecule has 1 aliphatic rings. The van der Waals surface area contributed by atoms with Crippen molar-refractivity contribution in [2.24, 2.45) is 11.7 Å². The minimum absolute atomic E-state index is 0.0653. The predicted octanol–water partition coefficient (Wildman–Crippen LogP) is 3.17. The second-order valence-electron chi connectivity index (χ2n) is 5.36. The van der Waals surface area contributed by atoms with Gasteiger partial charge in [-0.15, -0.1) is 0 Å². The van der Waals surface area contributed by atoms with E-state index in [-0.39, 0.29) is 11.9 Å². The Bertz CT molecular complexity index is 459. The first kappa shape index (κ1) is 15.6. The zero-order valence-corrected chi connectivity index (χ0v) is 12.9. The van der Waals surface area contributed by atoms with Gasteiger partial charge in [-0.1, -0.05) is 35.7 Å². The van der Waals surface area contributed by atoms with Gasteiger partial charge in [-0.3, -0.25) is 4.79 Å². The summed E-state index contributed by atoms with van der Waals surface area (Å²) in [5.74, 6) is 0.398. The number of carbonyl (C=O) groups excluding carboxylic acids is 1. The van der Waals surface area contributed by atoms with Gasteiger partial charge in [0.1, 0.15) is 0 Å². The minimum atomic E-state index is 0.0653. The van der Waals surface area contributed by atoms with E-state index in [2.05, 4.69) is 5.32 Å². The normalized spacial score (nSPS) is 21.9. The molecule has 0 aromatic heterocycles. The van der Waals surface area contributed by atoms with Crippen molar-refractivity contribution in [3.05, 3.63) is 33.8 Å². The molecule has 1 aliphatic carbocycles. The van der Waals surface area contributed by atoms with Crippen LogP contribution in [-0.2, 0) is 11.2 Å². The Morgan fingerprint density at radius 2 is 2.00 bits per heavy atom. The lowest BCUT2D eigenvalue weighted by Gasteiger charge is -2.15. The van der Waals surface area contributed by atoms with Crippen molar-refractivity contribution in [3.63, 3.8) is 0 Å². The molecule has 3 N–H and O–H groups in total. The summed E-state index contributed by atoms with van der Waals surface area (Å²) in [5.41, 5.74) is 6.85. The molecule has 5 heteroatoms. The molecule has 1 aromatic rings. The number of nitrogens with one attached hydrogen (secondary N) is 1. The number of carbonyl (C=O) groups is 1. The van der Waals surface area contributed by atoms with E-state index in [9.17, 15) is 4.79 Å². The van der Waals surface area contributed by atoms with Crippen LogP contribution >= 0.6 is 23.2 Å². The molecular weight excluding hydrogens is 295 g/mol. The van der Waals surface area contributed by atoms with E-state index in [1.807, 2.05) is 18.2 Å². The molecule has 0 saturated heterocycles. The van der Waals surface area contributed by atoms with E-state index in [1.54, 1.807) is 0 Å². The Morgan fingerprint density at radius 3 is 2.60 bits per heavy atom. The topological polar surface area (TPSA) is 55.1 Å². The van der Waals surface area contributed by atoms with Crippen molar-refractivity contribution in [3.8, 4) is 0 Å². The lowest BCUT2D eigenvalue weighted by Crippen LogP contribution is -2.32. The van der Waals surface area contributed by atoms with Gasteiger partial charge in [0.15, 0.2) is 0 Å². The summed E-state index contributed by atoms with van der Waals surface area (Å²) in [6, 6.07) is 5.61. The zero-order chi connectivity index (χ0) is 14.5. The van der Waals surface area contributed by atoms with E-state index in [0.29, 0.717) is 35.3 Å². The van der Waals surface area contributed by atoms with E-state index in [0.717, 1.165) is 24.8 Å². The van der Waals surface area contributed by atoms with Gasteiger partial charge in [0, 0.05) is 29.1 Å². The molecule has 0 heterocycles. The number of nitrogens with two attached hydrogens (primary N) is 1. The lowest BCUT2D eigenvalue weighted by molar-refractivity contribution is -0.122. The second kappa shape index (κ2) is 7.30. The summed E-state index contributed by atoms with van der Waals surface area (Å²) in [6.45, 7) is 0.546. The SMILES string of the molecule is N[C@@H]1CCC[C@H]1CC(=O)NCCc1c(Cl)cccc1Cl. The first-order valence-corrected chi connectivity index (χ1v) is 7.78. The molecule has 0 bridgehead atoms. The summed E-state index contributed by atoms with van der Waals surface area (Å²) in [7, 11) is 0. The van der Waals surface area contributed by atoms with Crippen LogP contribution in [0.5, 0.6) is 0 Å². The summed E-state index contributed by atoms with van der Waals surface area (Å²) >= 11 is 12.2. The minimum Gasteiger partial charge on any atom is -0.356 e. The lowest BCUT2D eigenvalue weighted by atomic mass is 10.00. The number of amides is 1. The van der Waals surface area contributed by atoms with Crippen molar-refractivity contribution < 1.29 is 4.79 Å². The van der Waals surface area contributed by atoms with Gasteiger partial charge >= 0.3 is 0 Å². The monoisotopic (exact) mass is 314 g/mol. The highest BCUT2D eigenvalue weighted by Crippen LogP contribution is 2.27. The highest BCUT2D eigenvalue weighted by atomic mass is 35.5. The molecule has 2 rings (SSSR count). The maximum Gasteiger partial charge on any atom is 0.220 e. The number of hydrogen-bond donors (Lipinski definition) is 2. The van der Waals surface area contributed by atoms with Crippen molar-refractivity contribution in [2.45, 2.75) is 38.1 Å². The van der Waals surface area contributed by atoms with Gasteiger partial charge in [-0.2, -0.15) is 0 Å². The molecule has 0 unspecified atom stereocenters. The predicted molar refractivity (Wildman–Crippen MR) is 83.1 cm³/mol. The van der Waals surface area contributed by atoms with Gasteiger partial charge in [0.25, 0.3) is 0 Å². The van der Waals surface area contributed by atoms with E-state index >= 15 is 0 Å². The van der Waals surface area contributed by atoms with Crippen LogP contribution in [0.15, 0.2) is 18.2 Å². The fourth-order valence-corrected chi connectivity index (χ4v) is 3.31. The Hall–Kier alpha value is -0.770. The van der Waals surface area contributed by atoms with Crippen LogP contribution < -0.4 is 11.1 Å². The first-order valence-electron chi connectivity index (χ1n) is 7.03. The van der Waals surface area contributed by atoms with Gasteiger partial charge < -0.3 is 11.1 Å². The molecule has 3 nitrogen and oxygen atoms in total. The van der Waals surface area contributed by atoms with E-state index in [1.165, 1.54) is 0 Å². The van der Waals surface area contributed by atoms with Crippen LogP contribution in [-0.4, -0.2) is 18.5 Å². The molecule has 2 atom stereocenters. The molecule has 110 valence electrons. The third-order valence-electron chi connectivity index (χ3n) is 3.92. The summed E-state index contributed by atoms with van der Waals surface area (Å²) < 4.78 is 0. The smallest absolute Gasteiger partial charge is 0.220 e. The van der Waals surface area contributed by atoms with Crippen molar-refractivity contribution in [1.29, 1.82) is 0 Å². The van der Waals surface area contributed by atoms with Crippen LogP contribution in [0, 0.1) is 5.92 Å². The Balaban J connectivity index is 1.77. The zero-order valence-electron chi connectivity index (χ0n) is 11.4. The van der Waals surface area contributed by atoms with Crippen LogP contribution in [0.25, 0.3) is 0 Å². The summed E-state index contributed by atoms with van der Waals surface area (Å²) in [4.78, 5) is 11.9. The molecule has 1 saturated carbocycles. The highest BCUT2D eigenvalue weighted by molar-refractivity contribution is 6.35. The van der Waals surface area contributed by atoms with Crippen molar-refractivity contribution in [2.75, 3.05) is 6.54 Å². The third-order valence-corrected chi connectivity index (χ3v) is 4.63.